The van der Waals surface area contributed by atoms with E-state index in [-0.39, 0.29) is 5.97 Å². The molecule has 0 atom stereocenters. The fourth-order valence-corrected chi connectivity index (χ4v) is 2.60. The zero-order valence-corrected chi connectivity index (χ0v) is 13.2. The lowest BCUT2D eigenvalue weighted by Gasteiger charge is -2.16. The molecule has 0 radical (unpaired) electrons. The average Bonchev–Trinajstić information content (AvgIpc) is 3.10. The van der Waals surface area contributed by atoms with Gasteiger partial charge in [0.15, 0.2) is 0 Å². The van der Waals surface area contributed by atoms with Gasteiger partial charge in [-0.1, -0.05) is 6.07 Å². The molecule has 6 heteroatoms. The van der Waals surface area contributed by atoms with Crippen molar-refractivity contribution < 1.29 is 9.53 Å². The first-order chi connectivity index (χ1) is 11.3. The van der Waals surface area contributed by atoms with Gasteiger partial charge in [-0.15, -0.1) is 0 Å². The van der Waals surface area contributed by atoms with Crippen LogP contribution in [-0.2, 0) is 4.74 Å². The van der Waals surface area contributed by atoms with Crippen LogP contribution >= 0.6 is 0 Å². The Morgan fingerprint density at radius 3 is 2.91 bits per heavy atom. The zero-order valence-electron chi connectivity index (χ0n) is 13.2. The van der Waals surface area contributed by atoms with Crippen LogP contribution in [0.25, 0.3) is 0 Å². The molecule has 1 aliphatic rings. The number of rotatable bonds is 5. The number of anilines is 3. The van der Waals surface area contributed by atoms with Crippen molar-refractivity contribution in [2.45, 2.75) is 19.8 Å². The SMILES string of the molecule is CCOC(=O)c1cccc(Nc2nccc(N3CCCC3)n2)c1. The van der Waals surface area contributed by atoms with Gasteiger partial charge in [0, 0.05) is 25.0 Å². The molecule has 0 bridgehead atoms. The van der Waals surface area contributed by atoms with Gasteiger partial charge in [0.2, 0.25) is 5.95 Å². The van der Waals surface area contributed by atoms with E-state index in [4.69, 9.17) is 4.74 Å². The van der Waals surface area contributed by atoms with E-state index in [0.29, 0.717) is 18.1 Å². The molecule has 1 aromatic carbocycles. The van der Waals surface area contributed by atoms with Crippen LogP contribution in [0.2, 0.25) is 0 Å². The van der Waals surface area contributed by atoms with Gasteiger partial charge in [0.25, 0.3) is 0 Å². The predicted molar refractivity (Wildman–Crippen MR) is 89.2 cm³/mol. The van der Waals surface area contributed by atoms with Gasteiger partial charge in [-0.25, -0.2) is 9.78 Å². The second-order valence-corrected chi connectivity index (χ2v) is 5.36. The molecule has 0 saturated carbocycles. The lowest BCUT2D eigenvalue weighted by molar-refractivity contribution is 0.0526. The van der Waals surface area contributed by atoms with Crippen molar-refractivity contribution in [3.63, 3.8) is 0 Å². The van der Waals surface area contributed by atoms with Crippen LogP contribution in [0.3, 0.4) is 0 Å². The molecule has 1 aliphatic heterocycles. The van der Waals surface area contributed by atoms with Gasteiger partial charge in [-0.2, -0.15) is 4.98 Å². The Morgan fingerprint density at radius 2 is 2.13 bits per heavy atom. The van der Waals surface area contributed by atoms with Crippen molar-refractivity contribution in [1.29, 1.82) is 0 Å². The van der Waals surface area contributed by atoms with Gasteiger partial charge in [-0.3, -0.25) is 0 Å². The minimum atomic E-state index is -0.331. The summed E-state index contributed by atoms with van der Waals surface area (Å²) in [6, 6.07) is 9.06. The van der Waals surface area contributed by atoms with Crippen LogP contribution in [0.4, 0.5) is 17.5 Å². The quantitative estimate of drug-likeness (QED) is 0.856. The molecule has 0 spiro atoms. The number of hydrogen-bond donors (Lipinski definition) is 1. The molecule has 1 saturated heterocycles. The maximum Gasteiger partial charge on any atom is 0.338 e. The van der Waals surface area contributed by atoms with E-state index in [2.05, 4.69) is 20.2 Å². The standard InChI is InChI=1S/C17H20N4O2/c1-2-23-16(22)13-6-5-7-14(12-13)19-17-18-9-8-15(20-17)21-10-3-4-11-21/h5-9,12H,2-4,10-11H2,1H3,(H,18,19,20). The summed E-state index contributed by atoms with van der Waals surface area (Å²) >= 11 is 0. The monoisotopic (exact) mass is 312 g/mol. The smallest absolute Gasteiger partial charge is 0.338 e. The van der Waals surface area contributed by atoms with Gasteiger partial charge < -0.3 is 15.0 Å². The van der Waals surface area contributed by atoms with Crippen LogP contribution in [0.5, 0.6) is 0 Å². The summed E-state index contributed by atoms with van der Waals surface area (Å²) in [5.41, 5.74) is 1.27. The van der Waals surface area contributed by atoms with Gasteiger partial charge in [0.05, 0.1) is 12.2 Å². The van der Waals surface area contributed by atoms with Crippen LogP contribution in [0, 0.1) is 0 Å². The molecule has 23 heavy (non-hydrogen) atoms. The number of nitrogens with one attached hydrogen (secondary N) is 1. The normalized spacial score (nSPS) is 13.9. The third kappa shape index (κ3) is 3.77. The molecule has 0 unspecified atom stereocenters. The first-order valence-electron chi connectivity index (χ1n) is 7.88. The van der Waals surface area contributed by atoms with Crippen LogP contribution in [-0.4, -0.2) is 35.6 Å². The summed E-state index contributed by atoms with van der Waals surface area (Å²) in [7, 11) is 0. The minimum absolute atomic E-state index is 0.331. The topological polar surface area (TPSA) is 67.3 Å². The molecule has 1 N–H and O–H groups in total. The van der Waals surface area contributed by atoms with Crippen molar-refractivity contribution in [2.24, 2.45) is 0 Å². The number of carbonyl (C=O) groups is 1. The van der Waals surface area contributed by atoms with E-state index < -0.39 is 0 Å². The molecule has 0 amide bonds. The fraction of sp³-hybridized carbons (Fsp3) is 0.353. The van der Waals surface area contributed by atoms with E-state index in [0.717, 1.165) is 24.6 Å². The Morgan fingerprint density at radius 1 is 1.30 bits per heavy atom. The summed E-state index contributed by atoms with van der Waals surface area (Å²) in [4.78, 5) is 22.8. The number of hydrogen-bond acceptors (Lipinski definition) is 6. The Bertz CT molecular complexity index is 684. The van der Waals surface area contributed by atoms with Crippen molar-refractivity contribution in [2.75, 3.05) is 29.9 Å². The van der Waals surface area contributed by atoms with E-state index in [1.165, 1.54) is 12.8 Å². The second-order valence-electron chi connectivity index (χ2n) is 5.36. The molecule has 3 rings (SSSR count). The summed E-state index contributed by atoms with van der Waals surface area (Å²) in [6.07, 6.45) is 4.15. The molecular weight excluding hydrogens is 292 g/mol. The molecule has 120 valence electrons. The lowest BCUT2D eigenvalue weighted by atomic mass is 10.2. The van der Waals surface area contributed by atoms with Crippen LogP contribution in [0.15, 0.2) is 36.5 Å². The third-order valence-corrected chi connectivity index (χ3v) is 3.70. The molecule has 2 heterocycles. The minimum Gasteiger partial charge on any atom is -0.462 e. The number of benzene rings is 1. The molecule has 1 aromatic heterocycles. The van der Waals surface area contributed by atoms with E-state index in [1.807, 2.05) is 12.1 Å². The van der Waals surface area contributed by atoms with Crippen molar-refractivity contribution in [1.82, 2.24) is 9.97 Å². The van der Waals surface area contributed by atoms with Crippen LogP contribution in [0.1, 0.15) is 30.1 Å². The van der Waals surface area contributed by atoms with Crippen molar-refractivity contribution >= 4 is 23.4 Å². The highest BCUT2D eigenvalue weighted by Gasteiger charge is 2.14. The number of esters is 1. The highest BCUT2D eigenvalue weighted by Crippen LogP contribution is 2.20. The predicted octanol–water partition coefficient (Wildman–Crippen LogP) is 3.00. The Hall–Kier alpha value is -2.63. The maximum atomic E-state index is 11.8. The van der Waals surface area contributed by atoms with Gasteiger partial charge in [0.1, 0.15) is 5.82 Å². The van der Waals surface area contributed by atoms with E-state index in [9.17, 15) is 4.79 Å². The van der Waals surface area contributed by atoms with Gasteiger partial charge >= 0.3 is 5.97 Å². The molecule has 2 aromatic rings. The van der Waals surface area contributed by atoms with Gasteiger partial charge in [-0.05, 0) is 44.0 Å². The van der Waals surface area contributed by atoms with Crippen molar-refractivity contribution in [3.8, 4) is 0 Å². The van der Waals surface area contributed by atoms with E-state index in [1.54, 1.807) is 31.3 Å². The van der Waals surface area contributed by atoms with Crippen molar-refractivity contribution in [3.05, 3.63) is 42.1 Å². The molecule has 6 nitrogen and oxygen atoms in total. The average molecular weight is 312 g/mol. The van der Waals surface area contributed by atoms with Crippen LogP contribution < -0.4 is 10.2 Å². The summed E-state index contributed by atoms with van der Waals surface area (Å²) in [6.45, 7) is 4.22. The number of nitrogens with zero attached hydrogens (tertiary/aromatic N) is 3. The number of ether oxygens (including phenoxy) is 1. The maximum absolute atomic E-state index is 11.8. The summed E-state index contributed by atoms with van der Waals surface area (Å²) in [5.74, 6) is 1.12. The molecular formula is C17H20N4O2. The lowest BCUT2D eigenvalue weighted by Crippen LogP contribution is -2.19. The highest BCUT2D eigenvalue weighted by atomic mass is 16.5. The summed E-state index contributed by atoms with van der Waals surface area (Å²) in [5, 5.41) is 3.15. The second kappa shape index (κ2) is 7.09. The Kier molecular flexibility index (Phi) is 4.71. The fourth-order valence-electron chi connectivity index (χ4n) is 2.60. The highest BCUT2D eigenvalue weighted by molar-refractivity contribution is 5.90. The first-order valence-corrected chi connectivity index (χ1v) is 7.88. The number of aromatic nitrogens is 2. The number of carbonyl (C=O) groups excluding carboxylic acids is 1. The Labute approximate surface area is 135 Å². The Balaban J connectivity index is 1.75. The van der Waals surface area contributed by atoms with E-state index >= 15 is 0 Å². The zero-order chi connectivity index (χ0) is 16.1. The molecule has 1 fully saturated rings. The third-order valence-electron chi connectivity index (χ3n) is 3.70. The summed E-state index contributed by atoms with van der Waals surface area (Å²) < 4.78 is 5.02. The first kappa shape index (κ1) is 15.3. The largest absolute Gasteiger partial charge is 0.462 e. The molecule has 0 aliphatic carbocycles.